The number of H-pyrrole nitrogens is 1. The van der Waals surface area contributed by atoms with Gasteiger partial charge in [-0.25, -0.2) is 5.43 Å². The minimum absolute atomic E-state index is 0.303. The van der Waals surface area contributed by atoms with E-state index in [0.717, 1.165) is 11.3 Å². The van der Waals surface area contributed by atoms with E-state index < -0.39 is 0 Å². The van der Waals surface area contributed by atoms with Crippen LogP contribution in [0.5, 0.6) is 0 Å². The average molecular weight is 298 g/mol. The van der Waals surface area contributed by atoms with E-state index in [2.05, 4.69) is 46.7 Å². The fraction of sp³-hybridized carbons (Fsp3) is 0.353. The molecule has 5 heteroatoms. The first-order valence-electron chi connectivity index (χ1n) is 7.46. The van der Waals surface area contributed by atoms with Crippen LogP contribution in [-0.2, 0) is 0 Å². The number of hydrazone groups is 1. The van der Waals surface area contributed by atoms with E-state index in [1.165, 1.54) is 5.56 Å². The van der Waals surface area contributed by atoms with Gasteiger partial charge >= 0.3 is 0 Å². The maximum atomic E-state index is 11.9. The maximum absolute atomic E-state index is 11.9. The molecule has 0 saturated carbocycles. The first-order valence-corrected chi connectivity index (χ1v) is 7.46. The number of carbonyl (C=O) groups excluding carboxylic acids is 1. The summed E-state index contributed by atoms with van der Waals surface area (Å²) in [7, 11) is 0. The lowest BCUT2D eigenvalue weighted by molar-refractivity contribution is 0.0950. The Kier molecular flexibility index (Phi) is 5.09. The number of aromatic amines is 1. The number of amides is 1. The first kappa shape index (κ1) is 15.9. The smallest absolute Gasteiger partial charge is 0.282 e. The number of nitrogens with one attached hydrogen (secondary N) is 2. The van der Waals surface area contributed by atoms with Crippen LogP contribution in [0.4, 0.5) is 0 Å². The molecule has 0 aliphatic rings. The second-order valence-electron chi connectivity index (χ2n) is 5.88. The third-order valence-electron chi connectivity index (χ3n) is 3.44. The molecular formula is C17H22N4O. The third kappa shape index (κ3) is 4.04. The Hall–Kier alpha value is -2.43. The highest BCUT2D eigenvalue weighted by Gasteiger charge is 2.11. The number of benzene rings is 1. The SMILES string of the molecule is CC(C)c1ccc(C=NNC(=O)c2cc(C(C)C)[nH]n2)cc1. The number of nitrogens with zero attached hydrogens (tertiary/aromatic N) is 2. The van der Waals surface area contributed by atoms with Gasteiger partial charge in [0.1, 0.15) is 0 Å². The molecule has 2 N–H and O–H groups in total. The monoisotopic (exact) mass is 298 g/mol. The lowest BCUT2D eigenvalue weighted by atomic mass is 10.0. The van der Waals surface area contributed by atoms with Gasteiger partial charge in [-0.3, -0.25) is 9.89 Å². The van der Waals surface area contributed by atoms with Crippen molar-refractivity contribution in [3.63, 3.8) is 0 Å². The summed E-state index contributed by atoms with van der Waals surface area (Å²) in [6, 6.07) is 9.84. The van der Waals surface area contributed by atoms with Gasteiger partial charge < -0.3 is 0 Å². The fourth-order valence-corrected chi connectivity index (χ4v) is 1.94. The van der Waals surface area contributed by atoms with Gasteiger partial charge in [0.2, 0.25) is 0 Å². The van der Waals surface area contributed by atoms with Crippen molar-refractivity contribution in [2.45, 2.75) is 39.5 Å². The average Bonchev–Trinajstić information content (AvgIpc) is 2.98. The van der Waals surface area contributed by atoms with Crippen molar-refractivity contribution < 1.29 is 4.79 Å². The minimum Gasteiger partial charge on any atom is -0.282 e. The molecule has 2 aromatic rings. The van der Waals surface area contributed by atoms with Crippen LogP contribution in [0.25, 0.3) is 0 Å². The molecule has 2 rings (SSSR count). The van der Waals surface area contributed by atoms with E-state index in [9.17, 15) is 4.79 Å². The summed E-state index contributed by atoms with van der Waals surface area (Å²) >= 11 is 0. The van der Waals surface area contributed by atoms with Gasteiger partial charge in [0.05, 0.1) is 6.21 Å². The van der Waals surface area contributed by atoms with Gasteiger partial charge in [-0.05, 0) is 29.0 Å². The molecule has 1 amide bonds. The Labute approximate surface area is 130 Å². The first-order chi connectivity index (χ1) is 10.5. The minimum atomic E-state index is -0.321. The predicted octanol–water partition coefficient (Wildman–Crippen LogP) is 3.42. The maximum Gasteiger partial charge on any atom is 0.291 e. The second-order valence-corrected chi connectivity index (χ2v) is 5.88. The van der Waals surface area contributed by atoms with Crippen LogP contribution in [-0.4, -0.2) is 22.3 Å². The van der Waals surface area contributed by atoms with E-state index in [1.54, 1.807) is 12.3 Å². The summed E-state index contributed by atoms with van der Waals surface area (Å²) in [5.41, 5.74) is 5.97. The molecule has 1 aromatic carbocycles. The number of hydrogen-bond acceptors (Lipinski definition) is 3. The summed E-state index contributed by atoms with van der Waals surface area (Å²) in [4.78, 5) is 11.9. The molecule has 0 fully saturated rings. The highest BCUT2D eigenvalue weighted by Crippen LogP contribution is 2.14. The Morgan fingerprint density at radius 2 is 1.86 bits per heavy atom. The summed E-state index contributed by atoms with van der Waals surface area (Å²) < 4.78 is 0. The molecule has 0 spiro atoms. The molecule has 1 heterocycles. The summed E-state index contributed by atoms with van der Waals surface area (Å²) in [6.45, 7) is 8.37. The van der Waals surface area contributed by atoms with Gasteiger partial charge in [0.25, 0.3) is 5.91 Å². The Morgan fingerprint density at radius 1 is 1.18 bits per heavy atom. The number of rotatable bonds is 5. The molecular weight excluding hydrogens is 276 g/mol. The molecule has 0 aliphatic heterocycles. The normalized spacial score (nSPS) is 11.5. The van der Waals surface area contributed by atoms with Gasteiger partial charge in [0, 0.05) is 5.69 Å². The van der Waals surface area contributed by atoms with Crippen molar-refractivity contribution in [1.29, 1.82) is 0 Å². The van der Waals surface area contributed by atoms with Crippen LogP contribution in [0.3, 0.4) is 0 Å². The highest BCUT2D eigenvalue weighted by atomic mass is 16.2. The molecule has 0 aliphatic carbocycles. The van der Waals surface area contributed by atoms with E-state index in [4.69, 9.17) is 0 Å². The van der Waals surface area contributed by atoms with Crippen LogP contribution < -0.4 is 5.43 Å². The number of carbonyl (C=O) groups is 1. The molecule has 116 valence electrons. The molecule has 0 unspecified atom stereocenters. The lowest BCUT2D eigenvalue weighted by Crippen LogP contribution is -2.18. The second kappa shape index (κ2) is 7.02. The quantitative estimate of drug-likeness (QED) is 0.656. The van der Waals surface area contributed by atoms with Gasteiger partial charge in [-0.15, -0.1) is 0 Å². The van der Waals surface area contributed by atoms with Crippen molar-refractivity contribution in [2.24, 2.45) is 5.10 Å². The van der Waals surface area contributed by atoms with Crippen molar-refractivity contribution in [3.05, 3.63) is 52.8 Å². The molecule has 0 atom stereocenters. The van der Waals surface area contributed by atoms with Crippen LogP contribution >= 0.6 is 0 Å². The third-order valence-corrected chi connectivity index (χ3v) is 3.44. The zero-order valence-corrected chi connectivity index (χ0v) is 13.4. The predicted molar refractivity (Wildman–Crippen MR) is 88.3 cm³/mol. The van der Waals surface area contributed by atoms with E-state index in [1.807, 2.05) is 26.0 Å². The summed E-state index contributed by atoms with van der Waals surface area (Å²) in [5.74, 6) is 0.482. The van der Waals surface area contributed by atoms with E-state index in [0.29, 0.717) is 17.5 Å². The topological polar surface area (TPSA) is 70.1 Å². The Balaban J connectivity index is 1.94. The summed E-state index contributed by atoms with van der Waals surface area (Å²) in [6.07, 6.45) is 1.62. The molecule has 5 nitrogen and oxygen atoms in total. The molecule has 0 radical (unpaired) electrons. The Bertz CT molecular complexity index is 654. The van der Waals surface area contributed by atoms with Gasteiger partial charge in [-0.1, -0.05) is 52.0 Å². The zero-order valence-electron chi connectivity index (χ0n) is 13.4. The van der Waals surface area contributed by atoms with Crippen molar-refractivity contribution in [3.8, 4) is 0 Å². The molecule has 1 aromatic heterocycles. The van der Waals surface area contributed by atoms with Crippen molar-refractivity contribution in [2.75, 3.05) is 0 Å². The number of hydrogen-bond donors (Lipinski definition) is 2. The zero-order chi connectivity index (χ0) is 16.1. The van der Waals surface area contributed by atoms with Crippen LogP contribution in [0, 0.1) is 0 Å². The molecule has 22 heavy (non-hydrogen) atoms. The van der Waals surface area contributed by atoms with Crippen LogP contribution in [0.2, 0.25) is 0 Å². The van der Waals surface area contributed by atoms with Crippen molar-refractivity contribution >= 4 is 12.1 Å². The molecule has 0 saturated heterocycles. The standard InChI is InChI=1S/C17H22N4O/c1-11(2)14-7-5-13(6-8-14)10-18-21-17(22)16-9-15(12(3)4)19-20-16/h5-12H,1-4H3,(H,19,20)(H,21,22). The van der Waals surface area contributed by atoms with Crippen LogP contribution in [0.1, 0.15) is 66.8 Å². The summed E-state index contributed by atoms with van der Waals surface area (Å²) in [5, 5.41) is 10.8. The fourth-order valence-electron chi connectivity index (χ4n) is 1.94. The van der Waals surface area contributed by atoms with E-state index in [-0.39, 0.29) is 5.91 Å². The molecule has 0 bridgehead atoms. The lowest BCUT2D eigenvalue weighted by Gasteiger charge is -2.04. The Morgan fingerprint density at radius 3 is 2.41 bits per heavy atom. The number of aromatic nitrogens is 2. The van der Waals surface area contributed by atoms with Gasteiger partial charge in [-0.2, -0.15) is 10.2 Å². The van der Waals surface area contributed by atoms with Crippen molar-refractivity contribution in [1.82, 2.24) is 15.6 Å². The largest absolute Gasteiger partial charge is 0.291 e. The van der Waals surface area contributed by atoms with Gasteiger partial charge in [0.15, 0.2) is 5.69 Å². The van der Waals surface area contributed by atoms with Crippen LogP contribution in [0.15, 0.2) is 35.4 Å². The van der Waals surface area contributed by atoms with E-state index >= 15 is 0 Å². The highest BCUT2D eigenvalue weighted by molar-refractivity contribution is 5.93.